The van der Waals surface area contributed by atoms with Crippen LogP contribution < -0.4 is 4.74 Å². The standard InChI is InChI=1S/C25H28N2OS/c1-16(2)27(17(3)4)15-18-6-8-19(9-7-18)24-22(28-5)11-10-21-25(24)20-12-13-29-23(20)14-26-21/h6-14,16-17H,15H2,1-5H3. The van der Waals surface area contributed by atoms with E-state index in [1.807, 2.05) is 18.3 Å². The van der Waals surface area contributed by atoms with Crippen LogP contribution in [0.2, 0.25) is 0 Å². The summed E-state index contributed by atoms with van der Waals surface area (Å²) in [5, 5.41) is 4.54. The number of rotatable bonds is 6. The van der Waals surface area contributed by atoms with Gasteiger partial charge >= 0.3 is 0 Å². The lowest BCUT2D eigenvalue weighted by atomic mass is 9.96. The molecule has 4 rings (SSSR count). The molecule has 0 radical (unpaired) electrons. The Morgan fingerprint density at radius 1 is 0.966 bits per heavy atom. The SMILES string of the molecule is COc1ccc2ncc3sccc3c2c1-c1ccc(CN(C(C)C)C(C)C)cc1. The molecule has 29 heavy (non-hydrogen) atoms. The maximum absolute atomic E-state index is 5.76. The Morgan fingerprint density at radius 2 is 1.69 bits per heavy atom. The van der Waals surface area contributed by atoms with Crippen LogP contribution >= 0.6 is 11.3 Å². The van der Waals surface area contributed by atoms with Gasteiger partial charge in [-0.05, 0) is 62.4 Å². The van der Waals surface area contributed by atoms with E-state index in [-0.39, 0.29) is 0 Å². The molecule has 0 atom stereocenters. The van der Waals surface area contributed by atoms with Gasteiger partial charge in [0.25, 0.3) is 0 Å². The minimum atomic E-state index is 0.519. The van der Waals surface area contributed by atoms with Crippen LogP contribution in [0.1, 0.15) is 33.3 Å². The van der Waals surface area contributed by atoms with Crippen molar-refractivity contribution in [2.45, 2.75) is 46.3 Å². The minimum absolute atomic E-state index is 0.519. The van der Waals surface area contributed by atoms with Crippen LogP contribution in [-0.4, -0.2) is 29.1 Å². The van der Waals surface area contributed by atoms with Crippen LogP contribution in [0.15, 0.2) is 54.0 Å². The van der Waals surface area contributed by atoms with Gasteiger partial charge in [-0.2, -0.15) is 0 Å². The molecule has 0 aliphatic rings. The molecule has 0 aliphatic carbocycles. The molecular formula is C25H28N2OS. The second kappa shape index (κ2) is 8.13. The predicted molar refractivity (Wildman–Crippen MR) is 125 cm³/mol. The van der Waals surface area contributed by atoms with Crippen molar-refractivity contribution in [1.29, 1.82) is 0 Å². The van der Waals surface area contributed by atoms with Gasteiger partial charge in [0.2, 0.25) is 0 Å². The van der Waals surface area contributed by atoms with Crippen LogP contribution in [-0.2, 0) is 6.54 Å². The summed E-state index contributed by atoms with van der Waals surface area (Å²) < 4.78 is 6.96. The van der Waals surface area contributed by atoms with Gasteiger partial charge in [0.15, 0.2) is 0 Å². The first-order chi connectivity index (χ1) is 14.0. The third-order valence-corrected chi connectivity index (χ3v) is 6.44. The maximum Gasteiger partial charge on any atom is 0.127 e. The highest BCUT2D eigenvalue weighted by Gasteiger charge is 2.16. The number of thiophene rings is 1. The van der Waals surface area contributed by atoms with Gasteiger partial charge in [0, 0.05) is 41.2 Å². The average Bonchev–Trinajstić information content (AvgIpc) is 3.20. The summed E-state index contributed by atoms with van der Waals surface area (Å²) >= 11 is 1.73. The van der Waals surface area contributed by atoms with Gasteiger partial charge in [-0.1, -0.05) is 24.3 Å². The summed E-state index contributed by atoms with van der Waals surface area (Å²) in [5.41, 5.74) is 4.62. The molecule has 4 heteroatoms. The van der Waals surface area contributed by atoms with Gasteiger partial charge < -0.3 is 4.74 Å². The molecular weight excluding hydrogens is 376 g/mol. The van der Waals surface area contributed by atoms with E-state index in [2.05, 4.69) is 73.3 Å². The van der Waals surface area contributed by atoms with E-state index < -0.39 is 0 Å². The van der Waals surface area contributed by atoms with Crippen molar-refractivity contribution < 1.29 is 4.74 Å². The lowest BCUT2D eigenvalue weighted by Crippen LogP contribution is -2.36. The topological polar surface area (TPSA) is 25.4 Å². The first-order valence-electron chi connectivity index (χ1n) is 10.2. The molecule has 2 aromatic heterocycles. The highest BCUT2D eigenvalue weighted by atomic mass is 32.1. The highest BCUT2D eigenvalue weighted by molar-refractivity contribution is 7.17. The molecule has 3 nitrogen and oxygen atoms in total. The van der Waals surface area contributed by atoms with E-state index in [4.69, 9.17) is 4.74 Å². The number of hydrogen-bond acceptors (Lipinski definition) is 4. The number of benzene rings is 2. The maximum atomic E-state index is 5.76. The average molecular weight is 405 g/mol. The minimum Gasteiger partial charge on any atom is -0.496 e. The molecule has 0 saturated carbocycles. The predicted octanol–water partition coefficient (Wildman–Crippen LogP) is 6.74. The zero-order chi connectivity index (χ0) is 20.5. The van der Waals surface area contributed by atoms with Crippen LogP contribution in [0.3, 0.4) is 0 Å². The third kappa shape index (κ3) is 3.75. The van der Waals surface area contributed by atoms with E-state index in [9.17, 15) is 0 Å². The van der Waals surface area contributed by atoms with Crippen molar-refractivity contribution in [1.82, 2.24) is 9.88 Å². The van der Waals surface area contributed by atoms with Gasteiger partial charge in [-0.15, -0.1) is 11.3 Å². The number of ether oxygens (including phenoxy) is 1. The fourth-order valence-corrected chi connectivity index (χ4v) is 4.88. The van der Waals surface area contributed by atoms with E-state index in [1.165, 1.54) is 21.0 Å². The molecule has 4 aromatic rings. The summed E-state index contributed by atoms with van der Waals surface area (Å²) in [7, 11) is 1.74. The van der Waals surface area contributed by atoms with Crippen molar-refractivity contribution >= 4 is 32.3 Å². The zero-order valence-electron chi connectivity index (χ0n) is 17.8. The fourth-order valence-electron chi connectivity index (χ4n) is 4.11. The number of aromatic nitrogens is 1. The first-order valence-corrected chi connectivity index (χ1v) is 11.1. The molecule has 2 heterocycles. The summed E-state index contributed by atoms with van der Waals surface area (Å²) in [6.45, 7) is 9.99. The van der Waals surface area contributed by atoms with Crippen LogP contribution in [0.5, 0.6) is 5.75 Å². The second-order valence-electron chi connectivity index (χ2n) is 8.05. The molecule has 0 unspecified atom stereocenters. The molecule has 0 spiro atoms. The van der Waals surface area contributed by atoms with Crippen molar-refractivity contribution in [3.05, 3.63) is 59.6 Å². The van der Waals surface area contributed by atoms with Crippen molar-refractivity contribution in [2.24, 2.45) is 0 Å². The Kier molecular flexibility index (Phi) is 5.57. The molecule has 150 valence electrons. The smallest absolute Gasteiger partial charge is 0.127 e. The van der Waals surface area contributed by atoms with E-state index >= 15 is 0 Å². The molecule has 0 aliphatic heterocycles. The molecule has 0 saturated heterocycles. The lowest BCUT2D eigenvalue weighted by Gasteiger charge is -2.30. The Bertz CT molecular complexity index is 1120. The Balaban J connectivity index is 1.81. The summed E-state index contributed by atoms with van der Waals surface area (Å²) in [6, 6.07) is 16.2. The van der Waals surface area contributed by atoms with Gasteiger partial charge in [0.05, 0.1) is 17.3 Å². The van der Waals surface area contributed by atoms with Crippen LogP contribution in [0.4, 0.5) is 0 Å². The summed E-state index contributed by atoms with van der Waals surface area (Å²) in [4.78, 5) is 7.19. The van der Waals surface area contributed by atoms with Gasteiger partial charge in [-0.25, -0.2) is 0 Å². The summed E-state index contributed by atoms with van der Waals surface area (Å²) in [6.07, 6.45) is 1.97. The van der Waals surface area contributed by atoms with Gasteiger partial charge in [-0.3, -0.25) is 9.88 Å². The van der Waals surface area contributed by atoms with E-state index in [0.717, 1.165) is 28.9 Å². The zero-order valence-corrected chi connectivity index (χ0v) is 18.6. The Hall–Kier alpha value is -2.43. The molecule has 0 N–H and O–H groups in total. The number of nitrogens with zero attached hydrogens (tertiary/aromatic N) is 2. The van der Waals surface area contributed by atoms with Crippen molar-refractivity contribution in [3.8, 4) is 16.9 Å². The number of methoxy groups -OCH3 is 1. The van der Waals surface area contributed by atoms with Crippen LogP contribution in [0, 0.1) is 0 Å². The molecule has 0 amide bonds. The van der Waals surface area contributed by atoms with Gasteiger partial charge in [0.1, 0.15) is 5.75 Å². The van der Waals surface area contributed by atoms with E-state index in [1.54, 1.807) is 18.4 Å². The molecule has 2 aromatic carbocycles. The Morgan fingerprint density at radius 3 is 2.34 bits per heavy atom. The molecule has 0 fully saturated rings. The number of pyridine rings is 1. The number of hydrogen-bond donors (Lipinski definition) is 0. The van der Waals surface area contributed by atoms with Crippen molar-refractivity contribution in [3.63, 3.8) is 0 Å². The monoisotopic (exact) mass is 404 g/mol. The fraction of sp³-hybridized carbons (Fsp3) is 0.320. The largest absolute Gasteiger partial charge is 0.496 e. The van der Waals surface area contributed by atoms with Crippen molar-refractivity contribution in [2.75, 3.05) is 7.11 Å². The summed E-state index contributed by atoms with van der Waals surface area (Å²) in [5.74, 6) is 0.886. The lowest BCUT2D eigenvalue weighted by molar-refractivity contribution is 0.166. The van der Waals surface area contributed by atoms with Crippen LogP contribution in [0.25, 0.3) is 32.1 Å². The Labute approximate surface area is 177 Å². The highest BCUT2D eigenvalue weighted by Crippen LogP contribution is 2.41. The second-order valence-corrected chi connectivity index (χ2v) is 9.00. The van der Waals surface area contributed by atoms with E-state index in [0.29, 0.717) is 12.1 Å². The normalized spacial score (nSPS) is 12.0. The first kappa shape index (κ1) is 19.9. The number of fused-ring (bicyclic) bond motifs is 3. The molecule has 0 bridgehead atoms. The quantitative estimate of drug-likeness (QED) is 0.356. The third-order valence-electron chi connectivity index (χ3n) is 5.58.